The van der Waals surface area contributed by atoms with Crippen LogP contribution in [-0.2, 0) is 13.5 Å². The number of imidazole rings is 1. The molecule has 0 spiro atoms. The fourth-order valence-electron chi connectivity index (χ4n) is 2.30. The normalized spacial score (nSPS) is 12.5. The van der Waals surface area contributed by atoms with E-state index in [0.29, 0.717) is 17.1 Å². The van der Waals surface area contributed by atoms with Crippen molar-refractivity contribution in [1.82, 2.24) is 24.5 Å². The Morgan fingerprint density at radius 1 is 1.27 bits per heavy atom. The van der Waals surface area contributed by atoms with E-state index in [1.807, 2.05) is 42.1 Å². The molecule has 1 atom stereocenters. The third kappa shape index (κ3) is 3.03. The van der Waals surface area contributed by atoms with Gasteiger partial charge in [-0.1, -0.05) is 28.9 Å². The molecule has 1 aromatic carbocycles. The molecule has 22 heavy (non-hydrogen) atoms. The van der Waals surface area contributed by atoms with Gasteiger partial charge in [-0.2, -0.15) is 0 Å². The molecular formula is C15H16ClN5O. The lowest BCUT2D eigenvalue weighted by atomic mass is 10.1. The van der Waals surface area contributed by atoms with Crippen molar-refractivity contribution in [2.45, 2.75) is 12.5 Å². The van der Waals surface area contributed by atoms with Gasteiger partial charge in [0, 0.05) is 24.5 Å². The molecule has 0 saturated carbocycles. The second-order valence-corrected chi connectivity index (χ2v) is 5.55. The highest BCUT2D eigenvalue weighted by atomic mass is 35.5. The topological polar surface area (TPSA) is 68.8 Å². The maximum Gasteiger partial charge on any atom is 0.161 e. The van der Waals surface area contributed by atoms with Gasteiger partial charge in [-0.3, -0.25) is 0 Å². The number of nitrogens with zero attached hydrogens (tertiary/aromatic N) is 5. The molecule has 0 aliphatic rings. The van der Waals surface area contributed by atoms with Gasteiger partial charge in [0.2, 0.25) is 0 Å². The maximum atomic E-state index is 9.65. The molecule has 114 valence electrons. The van der Waals surface area contributed by atoms with Crippen molar-refractivity contribution < 1.29 is 5.11 Å². The zero-order valence-corrected chi connectivity index (χ0v) is 12.9. The summed E-state index contributed by atoms with van der Waals surface area (Å²) in [6.45, 7) is -0.0218. The number of hydrogen-bond donors (Lipinski definition) is 1. The van der Waals surface area contributed by atoms with Gasteiger partial charge in [0.1, 0.15) is 5.69 Å². The van der Waals surface area contributed by atoms with Crippen LogP contribution in [0.3, 0.4) is 0 Å². The summed E-state index contributed by atoms with van der Waals surface area (Å²) in [7, 11) is 1.90. The number of aliphatic hydroxyl groups is 1. The summed E-state index contributed by atoms with van der Waals surface area (Å²) in [4.78, 5) is 4.25. The van der Waals surface area contributed by atoms with Crippen LogP contribution in [-0.4, -0.2) is 36.3 Å². The monoisotopic (exact) mass is 317 g/mol. The summed E-state index contributed by atoms with van der Waals surface area (Å²) in [6, 6.07) is 7.39. The van der Waals surface area contributed by atoms with Crippen molar-refractivity contribution in [3.05, 3.63) is 53.4 Å². The Hall–Kier alpha value is -2.18. The molecule has 2 aromatic heterocycles. The van der Waals surface area contributed by atoms with E-state index in [9.17, 15) is 5.11 Å². The Morgan fingerprint density at radius 2 is 2.05 bits per heavy atom. The Balaban J connectivity index is 1.81. The fraction of sp³-hybridized carbons (Fsp3) is 0.267. The molecule has 0 bridgehead atoms. The Labute approximate surface area is 133 Å². The molecule has 7 heteroatoms. The highest BCUT2D eigenvalue weighted by molar-refractivity contribution is 6.30. The molecule has 1 N–H and O–H groups in total. The number of aliphatic hydroxyl groups excluding tert-OH is 1. The van der Waals surface area contributed by atoms with Crippen LogP contribution >= 0.6 is 11.6 Å². The minimum Gasteiger partial charge on any atom is -0.394 e. The summed E-state index contributed by atoms with van der Waals surface area (Å²) in [6.07, 6.45) is 6.02. The molecule has 0 unspecified atom stereocenters. The van der Waals surface area contributed by atoms with E-state index >= 15 is 0 Å². The van der Waals surface area contributed by atoms with E-state index < -0.39 is 0 Å². The number of benzene rings is 1. The first kappa shape index (κ1) is 14.7. The average Bonchev–Trinajstić information content (AvgIpc) is 3.15. The maximum absolute atomic E-state index is 9.65. The first-order chi connectivity index (χ1) is 10.7. The predicted molar refractivity (Wildman–Crippen MR) is 83.5 cm³/mol. The van der Waals surface area contributed by atoms with Crippen LogP contribution in [0, 0.1) is 0 Å². The molecule has 2 heterocycles. The quantitative estimate of drug-likeness (QED) is 0.782. The van der Waals surface area contributed by atoms with Crippen LogP contribution in [0.25, 0.3) is 11.5 Å². The molecular weight excluding hydrogens is 302 g/mol. The van der Waals surface area contributed by atoms with Gasteiger partial charge in [-0.25, -0.2) is 9.67 Å². The third-order valence-corrected chi connectivity index (χ3v) is 3.78. The summed E-state index contributed by atoms with van der Waals surface area (Å²) in [5, 5.41) is 18.6. The SMILES string of the molecule is Cn1ccnc1-c1cn([C@H](CO)Cc2ccc(Cl)cc2)nn1. The van der Waals surface area contributed by atoms with E-state index in [2.05, 4.69) is 15.3 Å². The molecule has 3 rings (SSSR count). The molecule has 0 aliphatic heterocycles. The lowest BCUT2D eigenvalue weighted by molar-refractivity contribution is 0.216. The Kier molecular flexibility index (Phi) is 4.22. The minimum atomic E-state index is -0.178. The predicted octanol–water partition coefficient (Wildman–Crippen LogP) is 2.11. The molecule has 0 amide bonds. The van der Waals surface area contributed by atoms with Crippen LogP contribution in [0.15, 0.2) is 42.9 Å². The second kappa shape index (κ2) is 6.29. The van der Waals surface area contributed by atoms with Gasteiger partial charge in [0.15, 0.2) is 5.82 Å². The largest absolute Gasteiger partial charge is 0.394 e. The molecule has 0 radical (unpaired) electrons. The van der Waals surface area contributed by atoms with Crippen molar-refractivity contribution >= 4 is 11.6 Å². The van der Waals surface area contributed by atoms with Crippen molar-refractivity contribution in [3.63, 3.8) is 0 Å². The molecule has 0 aliphatic carbocycles. The number of hydrogen-bond acceptors (Lipinski definition) is 4. The first-order valence-corrected chi connectivity index (χ1v) is 7.30. The summed E-state index contributed by atoms with van der Waals surface area (Å²) >= 11 is 5.89. The Morgan fingerprint density at radius 3 is 2.68 bits per heavy atom. The molecule has 0 saturated heterocycles. The highest BCUT2D eigenvalue weighted by Crippen LogP contribution is 2.19. The van der Waals surface area contributed by atoms with E-state index in [4.69, 9.17) is 11.6 Å². The summed E-state index contributed by atoms with van der Waals surface area (Å²) in [5.74, 6) is 0.745. The van der Waals surface area contributed by atoms with Crippen LogP contribution in [0.4, 0.5) is 0 Å². The van der Waals surface area contributed by atoms with Crippen LogP contribution < -0.4 is 0 Å². The summed E-state index contributed by atoms with van der Waals surface area (Å²) < 4.78 is 3.56. The van der Waals surface area contributed by atoms with Gasteiger partial charge in [0.05, 0.1) is 18.8 Å². The molecule has 0 fully saturated rings. The average molecular weight is 318 g/mol. The highest BCUT2D eigenvalue weighted by Gasteiger charge is 2.15. The second-order valence-electron chi connectivity index (χ2n) is 5.11. The van der Waals surface area contributed by atoms with Crippen molar-refractivity contribution in [2.75, 3.05) is 6.61 Å². The zero-order valence-electron chi connectivity index (χ0n) is 12.1. The van der Waals surface area contributed by atoms with Crippen molar-refractivity contribution in [3.8, 4) is 11.5 Å². The van der Waals surface area contributed by atoms with Gasteiger partial charge in [-0.05, 0) is 24.1 Å². The number of aryl methyl sites for hydroxylation is 1. The van der Waals surface area contributed by atoms with E-state index in [1.165, 1.54) is 0 Å². The standard InChI is InChI=1S/C15H16ClN5O/c1-20-7-6-17-15(20)14-9-21(19-18-14)13(10-22)8-11-2-4-12(16)5-3-11/h2-7,9,13,22H,8,10H2,1H3/t13-/m0/s1. The van der Waals surface area contributed by atoms with Gasteiger partial charge in [-0.15, -0.1) is 5.10 Å². The minimum absolute atomic E-state index is 0.0218. The van der Waals surface area contributed by atoms with Crippen molar-refractivity contribution in [2.24, 2.45) is 7.05 Å². The smallest absolute Gasteiger partial charge is 0.161 e. The number of aromatic nitrogens is 5. The Bertz CT molecular complexity index is 749. The number of rotatable bonds is 5. The third-order valence-electron chi connectivity index (χ3n) is 3.53. The fourth-order valence-corrected chi connectivity index (χ4v) is 2.43. The van der Waals surface area contributed by atoms with E-state index in [0.717, 1.165) is 11.4 Å². The number of halogens is 1. The van der Waals surface area contributed by atoms with E-state index in [1.54, 1.807) is 17.1 Å². The van der Waals surface area contributed by atoms with E-state index in [-0.39, 0.29) is 12.6 Å². The lowest BCUT2D eigenvalue weighted by Crippen LogP contribution is -2.16. The zero-order chi connectivity index (χ0) is 15.5. The van der Waals surface area contributed by atoms with Crippen LogP contribution in [0.1, 0.15) is 11.6 Å². The van der Waals surface area contributed by atoms with Gasteiger partial charge >= 0.3 is 0 Å². The van der Waals surface area contributed by atoms with Crippen LogP contribution in [0.5, 0.6) is 0 Å². The molecule has 6 nitrogen and oxygen atoms in total. The first-order valence-electron chi connectivity index (χ1n) is 6.92. The van der Waals surface area contributed by atoms with Crippen molar-refractivity contribution in [1.29, 1.82) is 0 Å². The van der Waals surface area contributed by atoms with Gasteiger partial charge in [0.25, 0.3) is 0 Å². The lowest BCUT2D eigenvalue weighted by Gasteiger charge is -2.14. The van der Waals surface area contributed by atoms with Crippen LogP contribution in [0.2, 0.25) is 5.02 Å². The summed E-state index contributed by atoms with van der Waals surface area (Å²) in [5.41, 5.74) is 1.76. The van der Waals surface area contributed by atoms with Gasteiger partial charge < -0.3 is 9.67 Å². The molecule has 3 aromatic rings.